The lowest BCUT2D eigenvalue weighted by molar-refractivity contribution is 0.251. The largest absolute Gasteiger partial charge is 0.357 e. The van der Waals surface area contributed by atoms with Crippen LogP contribution in [-0.4, -0.2) is 57.8 Å². The molecule has 1 atom stereocenters. The third kappa shape index (κ3) is 6.51. The van der Waals surface area contributed by atoms with Gasteiger partial charge in [-0.2, -0.15) is 0 Å². The summed E-state index contributed by atoms with van der Waals surface area (Å²) in [5.41, 5.74) is 1.23. The Bertz CT molecular complexity index is 961. The van der Waals surface area contributed by atoms with Crippen LogP contribution in [0, 0.1) is 5.82 Å². The van der Waals surface area contributed by atoms with Crippen LogP contribution in [0.3, 0.4) is 0 Å². The number of aliphatic imine (C=N–C) groups is 1. The van der Waals surface area contributed by atoms with E-state index in [9.17, 15) is 12.8 Å². The molecule has 1 fully saturated rings. The molecule has 1 unspecified atom stereocenters. The maximum Gasteiger partial charge on any atom is 0.191 e. The van der Waals surface area contributed by atoms with Gasteiger partial charge in [-0.15, -0.1) is 0 Å². The van der Waals surface area contributed by atoms with E-state index in [1.54, 1.807) is 0 Å². The summed E-state index contributed by atoms with van der Waals surface area (Å²) in [6, 6.07) is 16.0. The molecule has 168 valence electrons. The summed E-state index contributed by atoms with van der Waals surface area (Å²) in [6.07, 6.45) is 2.39. The zero-order valence-corrected chi connectivity index (χ0v) is 18.7. The van der Waals surface area contributed by atoms with Crippen molar-refractivity contribution >= 4 is 15.8 Å². The van der Waals surface area contributed by atoms with E-state index >= 15 is 0 Å². The number of benzene rings is 2. The van der Waals surface area contributed by atoms with Crippen molar-refractivity contribution in [2.75, 3.05) is 38.5 Å². The molecule has 31 heavy (non-hydrogen) atoms. The molecule has 3 rings (SSSR count). The lowest BCUT2D eigenvalue weighted by atomic mass is 10.1. The first-order valence-electron chi connectivity index (χ1n) is 10.8. The average molecular weight is 447 g/mol. The standard InChI is InChI=1S/C23H31FN4O2S/c1-2-25-23(26-14-17-31(29,30)22-13-7-6-12-20(22)24)27-18-21(28-15-8-9-16-28)19-10-4-3-5-11-19/h3-7,10-13,21H,2,8-9,14-18H2,1H3,(H2,25,26,27). The predicted octanol–water partition coefficient (Wildman–Crippen LogP) is 2.99. The van der Waals surface area contributed by atoms with Crippen LogP contribution in [0.15, 0.2) is 64.5 Å². The number of nitrogens with zero attached hydrogens (tertiary/aromatic N) is 2. The van der Waals surface area contributed by atoms with E-state index in [1.807, 2.05) is 25.1 Å². The molecule has 0 saturated carbocycles. The van der Waals surface area contributed by atoms with Gasteiger partial charge < -0.3 is 10.6 Å². The van der Waals surface area contributed by atoms with E-state index in [4.69, 9.17) is 4.99 Å². The second kappa shape index (κ2) is 11.2. The normalized spacial score (nSPS) is 16.3. The van der Waals surface area contributed by atoms with Crippen molar-refractivity contribution in [2.45, 2.75) is 30.7 Å². The van der Waals surface area contributed by atoms with E-state index in [0.717, 1.165) is 19.2 Å². The first-order valence-corrected chi connectivity index (χ1v) is 12.4. The Balaban J connectivity index is 1.65. The van der Waals surface area contributed by atoms with E-state index < -0.39 is 15.7 Å². The molecule has 1 aliphatic rings. The van der Waals surface area contributed by atoms with Gasteiger partial charge in [0.05, 0.1) is 18.3 Å². The van der Waals surface area contributed by atoms with E-state index in [-0.39, 0.29) is 23.2 Å². The highest BCUT2D eigenvalue weighted by Gasteiger charge is 2.23. The highest BCUT2D eigenvalue weighted by molar-refractivity contribution is 7.91. The van der Waals surface area contributed by atoms with Crippen molar-refractivity contribution in [2.24, 2.45) is 4.99 Å². The fraction of sp³-hybridized carbons (Fsp3) is 0.435. The van der Waals surface area contributed by atoms with Gasteiger partial charge in [-0.1, -0.05) is 42.5 Å². The lowest BCUT2D eigenvalue weighted by Crippen LogP contribution is -2.40. The fourth-order valence-electron chi connectivity index (χ4n) is 3.79. The molecule has 0 radical (unpaired) electrons. The minimum absolute atomic E-state index is 0.141. The SMILES string of the molecule is CCNC(=NCC(c1ccccc1)N1CCCC1)NCCS(=O)(=O)c1ccccc1F. The third-order valence-corrected chi connectivity index (χ3v) is 7.11. The Labute approximate surface area is 184 Å². The van der Waals surface area contributed by atoms with Gasteiger partial charge in [0, 0.05) is 13.1 Å². The number of rotatable bonds is 9. The number of guanidine groups is 1. The quantitative estimate of drug-likeness (QED) is 0.458. The van der Waals surface area contributed by atoms with Crippen molar-refractivity contribution < 1.29 is 12.8 Å². The third-order valence-electron chi connectivity index (χ3n) is 5.37. The molecule has 0 bridgehead atoms. The number of sulfone groups is 1. The fourth-order valence-corrected chi connectivity index (χ4v) is 5.03. The number of nitrogens with one attached hydrogen (secondary N) is 2. The average Bonchev–Trinajstić information content (AvgIpc) is 3.29. The van der Waals surface area contributed by atoms with Crippen LogP contribution >= 0.6 is 0 Å². The number of hydrogen-bond donors (Lipinski definition) is 2. The molecular weight excluding hydrogens is 415 g/mol. The van der Waals surface area contributed by atoms with Crippen molar-refractivity contribution in [1.29, 1.82) is 0 Å². The number of hydrogen-bond acceptors (Lipinski definition) is 4. The van der Waals surface area contributed by atoms with E-state index in [1.165, 1.54) is 36.6 Å². The monoisotopic (exact) mass is 446 g/mol. The van der Waals surface area contributed by atoms with Gasteiger partial charge in [-0.25, -0.2) is 12.8 Å². The summed E-state index contributed by atoms with van der Waals surface area (Å²) in [4.78, 5) is 6.91. The van der Waals surface area contributed by atoms with Crippen molar-refractivity contribution in [3.05, 3.63) is 66.0 Å². The van der Waals surface area contributed by atoms with Gasteiger partial charge in [0.1, 0.15) is 10.7 Å². The lowest BCUT2D eigenvalue weighted by Gasteiger charge is -2.27. The van der Waals surface area contributed by atoms with Gasteiger partial charge in [0.2, 0.25) is 0 Å². The van der Waals surface area contributed by atoms with Crippen molar-refractivity contribution in [1.82, 2.24) is 15.5 Å². The van der Waals surface area contributed by atoms with Gasteiger partial charge in [-0.3, -0.25) is 9.89 Å². The number of halogens is 1. The van der Waals surface area contributed by atoms with Crippen LogP contribution < -0.4 is 10.6 Å². The summed E-state index contributed by atoms with van der Waals surface area (Å²) in [5.74, 6) is -0.377. The zero-order valence-electron chi connectivity index (χ0n) is 17.9. The van der Waals surface area contributed by atoms with E-state index in [0.29, 0.717) is 19.0 Å². The molecule has 1 heterocycles. The Kier molecular flexibility index (Phi) is 8.43. The molecule has 0 aliphatic carbocycles. The summed E-state index contributed by atoms with van der Waals surface area (Å²) in [7, 11) is -3.72. The topological polar surface area (TPSA) is 73.8 Å². The van der Waals surface area contributed by atoms with Gasteiger partial charge in [0.15, 0.2) is 15.8 Å². The van der Waals surface area contributed by atoms with Crippen LogP contribution in [0.25, 0.3) is 0 Å². The minimum atomic E-state index is -3.72. The summed E-state index contributed by atoms with van der Waals surface area (Å²) >= 11 is 0. The van der Waals surface area contributed by atoms with Gasteiger partial charge in [-0.05, 0) is 50.6 Å². The molecule has 0 spiro atoms. The first-order chi connectivity index (χ1) is 15.0. The molecule has 0 aromatic heterocycles. The van der Waals surface area contributed by atoms with Crippen LogP contribution in [0.4, 0.5) is 4.39 Å². The molecule has 2 aromatic carbocycles. The van der Waals surface area contributed by atoms with Crippen LogP contribution in [0.1, 0.15) is 31.4 Å². The second-order valence-electron chi connectivity index (χ2n) is 7.57. The highest BCUT2D eigenvalue weighted by atomic mass is 32.2. The molecule has 1 saturated heterocycles. The zero-order chi connectivity index (χ0) is 22.1. The Morgan fingerprint density at radius 2 is 1.74 bits per heavy atom. The maximum absolute atomic E-state index is 13.9. The Morgan fingerprint density at radius 1 is 1.06 bits per heavy atom. The smallest absolute Gasteiger partial charge is 0.191 e. The molecule has 2 aromatic rings. The molecule has 8 heteroatoms. The molecule has 6 nitrogen and oxygen atoms in total. The molecule has 0 amide bonds. The Morgan fingerprint density at radius 3 is 2.42 bits per heavy atom. The summed E-state index contributed by atoms with van der Waals surface area (Å²) < 4.78 is 38.8. The van der Waals surface area contributed by atoms with Gasteiger partial charge in [0.25, 0.3) is 0 Å². The molecule has 1 aliphatic heterocycles. The van der Waals surface area contributed by atoms with Crippen molar-refractivity contribution in [3.63, 3.8) is 0 Å². The summed E-state index contributed by atoms with van der Waals surface area (Å²) in [6.45, 7) is 5.44. The second-order valence-corrected chi connectivity index (χ2v) is 9.64. The summed E-state index contributed by atoms with van der Waals surface area (Å²) in [5, 5.41) is 6.25. The van der Waals surface area contributed by atoms with Gasteiger partial charge >= 0.3 is 0 Å². The van der Waals surface area contributed by atoms with Crippen LogP contribution in [0.2, 0.25) is 0 Å². The predicted molar refractivity (Wildman–Crippen MR) is 122 cm³/mol. The van der Waals surface area contributed by atoms with Crippen LogP contribution in [0.5, 0.6) is 0 Å². The first kappa shape index (κ1) is 23.2. The molecule has 2 N–H and O–H groups in total. The van der Waals surface area contributed by atoms with Crippen LogP contribution in [-0.2, 0) is 9.84 Å². The number of likely N-dealkylation sites (tertiary alicyclic amines) is 1. The Hall–Kier alpha value is -2.45. The van der Waals surface area contributed by atoms with Crippen molar-refractivity contribution in [3.8, 4) is 0 Å². The molecular formula is C23H31FN4O2S. The minimum Gasteiger partial charge on any atom is -0.357 e. The highest BCUT2D eigenvalue weighted by Crippen LogP contribution is 2.25. The maximum atomic E-state index is 13.9. The van der Waals surface area contributed by atoms with E-state index in [2.05, 4.69) is 27.7 Å².